The average molecular weight is 428 g/mol. The van der Waals surface area contributed by atoms with E-state index in [-0.39, 0.29) is 12.5 Å². The van der Waals surface area contributed by atoms with E-state index in [0.29, 0.717) is 22.4 Å². The first-order valence-electron chi connectivity index (χ1n) is 8.88. The van der Waals surface area contributed by atoms with Crippen LogP contribution in [0.3, 0.4) is 0 Å². The first-order valence-corrected chi connectivity index (χ1v) is 9.63. The molecule has 0 saturated heterocycles. The molecular weight excluding hydrogens is 409 g/mol. The van der Waals surface area contributed by atoms with E-state index in [9.17, 15) is 4.79 Å². The number of ether oxygens (including phenoxy) is 1. The topological polar surface area (TPSA) is 62.7 Å². The van der Waals surface area contributed by atoms with Crippen LogP contribution in [0.5, 0.6) is 5.75 Å². The van der Waals surface area contributed by atoms with E-state index in [4.69, 9.17) is 27.9 Å². The minimum absolute atomic E-state index is 0.140. The second-order valence-electron chi connectivity index (χ2n) is 6.11. The zero-order valence-electron chi connectivity index (χ0n) is 15.4. The lowest BCUT2D eigenvalue weighted by molar-refractivity contribution is -0.119. The number of hydrogen-bond donors (Lipinski definition) is 2. The molecule has 0 atom stereocenters. The third kappa shape index (κ3) is 6.82. The highest BCUT2D eigenvalue weighted by molar-refractivity contribution is 6.35. The third-order valence-electron chi connectivity index (χ3n) is 3.92. The highest BCUT2D eigenvalue weighted by Crippen LogP contribution is 2.22. The van der Waals surface area contributed by atoms with Gasteiger partial charge < -0.3 is 10.1 Å². The molecule has 0 aliphatic carbocycles. The Balaban J connectivity index is 1.44. The number of halogens is 2. The maximum absolute atomic E-state index is 11.8. The molecule has 0 fully saturated rings. The van der Waals surface area contributed by atoms with Gasteiger partial charge in [-0.05, 0) is 54.1 Å². The van der Waals surface area contributed by atoms with Crippen molar-refractivity contribution < 1.29 is 9.53 Å². The molecule has 0 heterocycles. The van der Waals surface area contributed by atoms with Gasteiger partial charge in [-0.1, -0.05) is 47.5 Å². The maximum atomic E-state index is 11.8. The van der Waals surface area contributed by atoms with Crippen molar-refractivity contribution in [2.45, 2.75) is 6.61 Å². The van der Waals surface area contributed by atoms with Gasteiger partial charge in [-0.2, -0.15) is 5.10 Å². The fourth-order valence-electron chi connectivity index (χ4n) is 2.41. The minimum atomic E-state index is -0.232. The van der Waals surface area contributed by atoms with Crippen LogP contribution >= 0.6 is 23.2 Å². The fourth-order valence-corrected chi connectivity index (χ4v) is 2.87. The highest BCUT2D eigenvalue weighted by Gasteiger charge is 2.03. The van der Waals surface area contributed by atoms with Crippen molar-refractivity contribution in [1.29, 1.82) is 0 Å². The van der Waals surface area contributed by atoms with Gasteiger partial charge in [0, 0.05) is 21.3 Å². The molecule has 148 valence electrons. The van der Waals surface area contributed by atoms with Crippen molar-refractivity contribution in [2.75, 3.05) is 11.9 Å². The van der Waals surface area contributed by atoms with Crippen LogP contribution in [0.1, 0.15) is 11.1 Å². The molecule has 3 aromatic carbocycles. The Labute approximate surface area is 179 Å². The summed E-state index contributed by atoms with van der Waals surface area (Å²) >= 11 is 12.0. The van der Waals surface area contributed by atoms with Crippen molar-refractivity contribution in [3.63, 3.8) is 0 Å². The van der Waals surface area contributed by atoms with E-state index < -0.39 is 0 Å². The van der Waals surface area contributed by atoms with E-state index in [0.717, 1.165) is 16.8 Å². The molecule has 0 unspecified atom stereocenters. The second kappa shape index (κ2) is 10.5. The normalized spacial score (nSPS) is 10.7. The Kier molecular flexibility index (Phi) is 7.50. The summed E-state index contributed by atoms with van der Waals surface area (Å²) in [5.41, 5.74) is 5.05. The smallest absolute Gasteiger partial charge is 0.259 e. The maximum Gasteiger partial charge on any atom is 0.259 e. The molecule has 2 N–H and O–H groups in total. The van der Waals surface area contributed by atoms with Gasteiger partial charge in [0.1, 0.15) is 12.4 Å². The summed E-state index contributed by atoms with van der Waals surface area (Å²) in [5.74, 6) is 0.467. The van der Waals surface area contributed by atoms with Gasteiger partial charge in [-0.3, -0.25) is 4.79 Å². The van der Waals surface area contributed by atoms with Gasteiger partial charge in [-0.15, -0.1) is 0 Å². The molecule has 0 spiro atoms. The van der Waals surface area contributed by atoms with Gasteiger partial charge in [0.25, 0.3) is 5.91 Å². The molecule has 0 aliphatic heterocycles. The predicted octanol–water partition coefficient (Wildman–Crippen LogP) is 5.13. The molecule has 0 radical (unpaired) electrons. The number of rotatable bonds is 8. The summed E-state index contributed by atoms with van der Waals surface area (Å²) in [6, 6.07) is 22.1. The third-order valence-corrected chi connectivity index (χ3v) is 4.51. The van der Waals surface area contributed by atoms with Gasteiger partial charge in [0.2, 0.25) is 0 Å². The first-order chi connectivity index (χ1) is 14.1. The monoisotopic (exact) mass is 427 g/mol. The van der Waals surface area contributed by atoms with Gasteiger partial charge in [-0.25, -0.2) is 5.43 Å². The predicted molar refractivity (Wildman–Crippen MR) is 118 cm³/mol. The van der Waals surface area contributed by atoms with Crippen molar-refractivity contribution in [2.24, 2.45) is 5.10 Å². The molecule has 3 aromatic rings. The summed E-state index contributed by atoms with van der Waals surface area (Å²) < 4.78 is 5.73. The Morgan fingerprint density at radius 2 is 1.76 bits per heavy atom. The van der Waals surface area contributed by atoms with E-state index in [2.05, 4.69) is 15.8 Å². The molecule has 5 nitrogen and oxygen atoms in total. The lowest BCUT2D eigenvalue weighted by Crippen LogP contribution is -2.25. The Morgan fingerprint density at radius 3 is 2.48 bits per heavy atom. The Morgan fingerprint density at radius 1 is 1.00 bits per heavy atom. The Bertz CT molecular complexity index is 977. The van der Waals surface area contributed by atoms with E-state index in [1.807, 2.05) is 60.7 Å². The van der Waals surface area contributed by atoms with Crippen molar-refractivity contribution in [1.82, 2.24) is 5.43 Å². The minimum Gasteiger partial charge on any atom is -0.489 e. The van der Waals surface area contributed by atoms with Crippen molar-refractivity contribution in [3.8, 4) is 5.75 Å². The molecule has 29 heavy (non-hydrogen) atoms. The number of carbonyl (C=O) groups excluding carboxylic acids is 1. The number of para-hydroxylation sites is 1. The second-order valence-corrected chi connectivity index (χ2v) is 6.95. The van der Waals surface area contributed by atoms with E-state index in [1.165, 1.54) is 0 Å². The number of carbonyl (C=O) groups is 1. The van der Waals surface area contributed by atoms with Crippen LogP contribution in [-0.4, -0.2) is 18.7 Å². The fraction of sp³-hybridized carbons (Fsp3) is 0.0909. The number of nitrogens with one attached hydrogen (secondary N) is 2. The molecule has 3 rings (SSSR count). The van der Waals surface area contributed by atoms with Gasteiger partial charge in [0.05, 0.1) is 12.8 Å². The van der Waals surface area contributed by atoms with Crippen LogP contribution in [0.4, 0.5) is 5.69 Å². The molecular formula is C22H19Cl2N3O2. The molecule has 1 amide bonds. The number of nitrogens with zero attached hydrogens (tertiary/aromatic N) is 1. The average Bonchev–Trinajstić information content (AvgIpc) is 2.73. The van der Waals surface area contributed by atoms with Crippen LogP contribution < -0.4 is 15.5 Å². The van der Waals surface area contributed by atoms with Crippen LogP contribution in [0.15, 0.2) is 77.9 Å². The number of benzene rings is 3. The van der Waals surface area contributed by atoms with Crippen molar-refractivity contribution >= 4 is 41.0 Å². The molecule has 7 heteroatoms. The number of hydrazone groups is 1. The van der Waals surface area contributed by atoms with E-state index in [1.54, 1.807) is 18.3 Å². The van der Waals surface area contributed by atoms with Crippen LogP contribution in [0.2, 0.25) is 10.0 Å². The summed E-state index contributed by atoms with van der Waals surface area (Å²) in [6.45, 7) is 0.481. The standard InChI is InChI=1S/C22H19Cl2N3O2/c23-18-9-8-17(21(24)12-18)15-29-20-10-6-16(7-11-20)13-26-27-22(28)14-25-19-4-2-1-3-5-19/h1-13,25H,14-15H2,(H,27,28). The summed E-state index contributed by atoms with van der Waals surface area (Å²) in [4.78, 5) is 11.8. The first kappa shape index (κ1) is 20.7. The van der Waals surface area contributed by atoms with Crippen LogP contribution in [0, 0.1) is 0 Å². The Hall–Kier alpha value is -3.02. The zero-order chi connectivity index (χ0) is 20.5. The molecule has 0 saturated carbocycles. The highest BCUT2D eigenvalue weighted by atomic mass is 35.5. The quantitative estimate of drug-likeness (QED) is 0.386. The molecule has 0 aromatic heterocycles. The number of hydrogen-bond acceptors (Lipinski definition) is 4. The molecule has 0 bridgehead atoms. The van der Waals surface area contributed by atoms with Crippen LogP contribution in [-0.2, 0) is 11.4 Å². The SMILES string of the molecule is O=C(CNc1ccccc1)NN=Cc1ccc(OCc2ccc(Cl)cc2Cl)cc1. The lowest BCUT2D eigenvalue weighted by Gasteiger charge is -2.08. The van der Waals surface area contributed by atoms with Gasteiger partial charge in [0.15, 0.2) is 0 Å². The largest absolute Gasteiger partial charge is 0.489 e. The zero-order valence-corrected chi connectivity index (χ0v) is 17.0. The number of amides is 1. The number of anilines is 1. The molecule has 0 aliphatic rings. The van der Waals surface area contributed by atoms with Crippen LogP contribution in [0.25, 0.3) is 0 Å². The van der Waals surface area contributed by atoms with E-state index >= 15 is 0 Å². The van der Waals surface area contributed by atoms with Crippen molar-refractivity contribution in [3.05, 3.63) is 94.0 Å². The summed E-state index contributed by atoms with van der Waals surface area (Å²) in [5, 5.41) is 8.13. The summed E-state index contributed by atoms with van der Waals surface area (Å²) in [7, 11) is 0. The lowest BCUT2D eigenvalue weighted by atomic mass is 10.2. The van der Waals surface area contributed by atoms with Gasteiger partial charge >= 0.3 is 0 Å². The summed E-state index contributed by atoms with van der Waals surface area (Å²) in [6.07, 6.45) is 1.57.